The second-order valence-electron chi connectivity index (χ2n) is 5.77. The van der Waals surface area contributed by atoms with Crippen molar-refractivity contribution in [2.75, 3.05) is 30.8 Å². The van der Waals surface area contributed by atoms with Crippen LogP contribution < -0.4 is 10.6 Å². The van der Waals surface area contributed by atoms with Crippen molar-refractivity contribution in [2.24, 2.45) is 5.92 Å². The number of piperidine rings is 1. The SMILES string of the molecule is COC(=O)c1nnn(-c2ccc(N3CCC(C)CC3)nc2)c1N. The third-order valence-electron chi connectivity index (χ3n) is 4.17. The van der Waals surface area contributed by atoms with Gasteiger partial charge in [0.05, 0.1) is 19.0 Å². The van der Waals surface area contributed by atoms with Gasteiger partial charge in [0.15, 0.2) is 5.82 Å². The van der Waals surface area contributed by atoms with E-state index in [1.807, 2.05) is 12.1 Å². The fraction of sp³-hybridized carbons (Fsp3) is 0.467. The second-order valence-corrected chi connectivity index (χ2v) is 5.77. The predicted octanol–water partition coefficient (Wildman–Crippen LogP) is 1.27. The lowest BCUT2D eigenvalue weighted by molar-refractivity contribution is 0.0595. The quantitative estimate of drug-likeness (QED) is 0.851. The third kappa shape index (κ3) is 2.96. The summed E-state index contributed by atoms with van der Waals surface area (Å²) < 4.78 is 5.99. The van der Waals surface area contributed by atoms with E-state index in [4.69, 9.17) is 5.73 Å². The maximum Gasteiger partial charge on any atom is 0.362 e. The van der Waals surface area contributed by atoms with Gasteiger partial charge in [-0.1, -0.05) is 12.1 Å². The first kappa shape index (κ1) is 15.3. The van der Waals surface area contributed by atoms with Crippen LogP contribution in [0.1, 0.15) is 30.3 Å². The van der Waals surface area contributed by atoms with E-state index in [-0.39, 0.29) is 11.5 Å². The van der Waals surface area contributed by atoms with E-state index in [0.29, 0.717) is 5.69 Å². The number of anilines is 2. The number of esters is 1. The number of hydrogen-bond donors (Lipinski definition) is 1. The molecule has 2 N–H and O–H groups in total. The van der Waals surface area contributed by atoms with Crippen molar-refractivity contribution in [3.05, 3.63) is 24.0 Å². The molecule has 2 aromatic rings. The molecule has 0 bridgehead atoms. The van der Waals surface area contributed by atoms with Gasteiger partial charge in [-0.15, -0.1) is 5.10 Å². The molecule has 0 amide bonds. The van der Waals surface area contributed by atoms with E-state index >= 15 is 0 Å². The molecule has 1 aliphatic heterocycles. The zero-order chi connectivity index (χ0) is 16.4. The summed E-state index contributed by atoms with van der Waals surface area (Å²) >= 11 is 0. The molecule has 2 aromatic heterocycles. The number of nitrogens with zero attached hydrogens (tertiary/aromatic N) is 5. The minimum atomic E-state index is -0.610. The lowest BCUT2D eigenvalue weighted by Crippen LogP contribution is -2.33. The summed E-state index contributed by atoms with van der Waals surface area (Å²) in [5.74, 6) is 1.24. The molecule has 0 saturated carbocycles. The van der Waals surface area contributed by atoms with Crippen molar-refractivity contribution >= 4 is 17.6 Å². The Hall–Kier alpha value is -2.64. The zero-order valence-corrected chi connectivity index (χ0v) is 13.3. The molecule has 3 rings (SSSR count). The summed E-state index contributed by atoms with van der Waals surface area (Å²) in [5.41, 5.74) is 6.56. The van der Waals surface area contributed by atoms with Crippen LogP contribution in [0.25, 0.3) is 5.69 Å². The molecular formula is C15H20N6O2. The van der Waals surface area contributed by atoms with Crippen molar-refractivity contribution in [3.63, 3.8) is 0 Å². The summed E-state index contributed by atoms with van der Waals surface area (Å²) in [7, 11) is 1.27. The highest BCUT2D eigenvalue weighted by Gasteiger charge is 2.20. The molecule has 23 heavy (non-hydrogen) atoms. The van der Waals surface area contributed by atoms with Crippen LogP contribution >= 0.6 is 0 Å². The monoisotopic (exact) mass is 316 g/mol. The number of pyridine rings is 1. The van der Waals surface area contributed by atoms with Crippen molar-refractivity contribution in [1.29, 1.82) is 0 Å². The van der Waals surface area contributed by atoms with Gasteiger partial charge in [0.1, 0.15) is 5.82 Å². The third-order valence-corrected chi connectivity index (χ3v) is 4.17. The molecule has 0 aliphatic carbocycles. The average Bonchev–Trinajstić information content (AvgIpc) is 2.96. The predicted molar refractivity (Wildman–Crippen MR) is 85.5 cm³/mol. The number of nitrogen functional groups attached to an aromatic ring is 1. The van der Waals surface area contributed by atoms with E-state index < -0.39 is 5.97 Å². The Morgan fingerprint density at radius 2 is 2.09 bits per heavy atom. The van der Waals surface area contributed by atoms with Crippen LogP contribution in [0.5, 0.6) is 0 Å². The average molecular weight is 316 g/mol. The molecule has 1 saturated heterocycles. The number of carbonyl (C=O) groups is 1. The van der Waals surface area contributed by atoms with Crippen LogP contribution in [-0.2, 0) is 4.74 Å². The number of nitrogens with two attached hydrogens (primary N) is 1. The molecule has 0 atom stereocenters. The number of ether oxygens (including phenoxy) is 1. The fourth-order valence-electron chi connectivity index (χ4n) is 2.65. The van der Waals surface area contributed by atoms with Crippen LogP contribution in [0.2, 0.25) is 0 Å². The van der Waals surface area contributed by atoms with Crippen LogP contribution in [0.15, 0.2) is 18.3 Å². The Morgan fingerprint density at radius 3 is 2.70 bits per heavy atom. The molecule has 8 nitrogen and oxygen atoms in total. The molecule has 0 radical (unpaired) electrons. The molecule has 1 aliphatic rings. The number of rotatable bonds is 3. The maximum atomic E-state index is 11.5. The first-order chi connectivity index (χ1) is 11.1. The summed E-state index contributed by atoms with van der Waals surface area (Å²) in [5, 5.41) is 7.65. The number of aromatic nitrogens is 4. The zero-order valence-electron chi connectivity index (χ0n) is 13.3. The van der Waals surface area contributed by atoms with Gasteiger partial charge in [0, 0.05) is 13.1 Å². The molecule has 0 unspecified atom stereocenters. The summed E-state index contributed by atoms with van der Waals surface area (Å²) in [6.07, 6.45) is 4.04. The molecule has 122 valence electrons. The van der Waals surface area contributed by atoms with Gasteiger partial charge >= 0.3 is 5.97 Å². The lowest BCUT2D eigenvalue weighted by Gasteiger charge is -2.31. The normalized spacial score (nSPS) is 15.7. The van der Waals surface area contributed by atoms with E-state index in [0.717, 1.165) is 24.8 Å². The van der Waals surface area contributed by atoms with Crippen LogP contribution in [-0.4, -0.2) is 46.1 Å². The van der Waals surface area contributed by atoms with Crippen molar-refractivity contribution in [3.8, 4) is 5.69 Å². The smallest absolute Gasteiger partial charge is 0.362 e. The molecular weight excluding hydrogens is 296 g/mol. The van der Waals surface area contributed by atoms with Gasteiger partial charge < -0.3 is 15.4 Å². The molecule has 1 fully saturated rings. The number of hydrogen-bond acceptors (Lipinski definition) is 7. The largest absolute Gasteiger partial charge is 0.464 e. The molecule has 0 aromatic carbocycles. The van der Waals surface area contributed by atoms with Crippen molar-refractivity contribution in [1.82, 2.24) is 20.0 Å². The highest BCUT2D eigenvalue weighted by molar-refractivity contribution is 5.92. The van der Waals surface area contributed by atoms with Gasteiger partial charge in [-0.25, -0.2) is 9.78 Å². The van der Waals surface area contributed by atoms with E-state index in [2.05, 4.69) is 31.9 Å². The Morgan fingerprint density at radius 1 is 1.35 bits per heavy atom. The van der Waals surface area contributed by atoms with E-state index in [9.17, 15) is 4.79 Å². The Balaban J connectivity index is 1.80. The van der Waals surface area contributed by atoms with Gasteiger partial charge in [-0.05, 0) is 30.9 Å². The first-order valence-corrected chi connectivity index (χ1v) is 7.61. The summed E-state index contributed by atoms with van der Waals surface area (Å²) in [6.45, 7) is 4.32. The standard InChI is InChI=1S/C15H20N6O2/c1-10-5-7-20(8-6-10)12-4-3-11(9-17-12)21-14(16)13(18-19-21)15(22)23-2/h3-4,9-10H,5-8,16H2,1-2H3. The minimum absolute atomic E-state index is 0.00148. The topological polar surface area (TPSA) is 99.2 Å². The lowest BCUT2D eigenvalue weighted by atomic mass is 9.99. The molecule has 0 spiro atoms. The molecule has 3 heterocycles. The van der Waals surface area contributed by atoms with Gasteiger partial charge in [-0.3, -0.25) is 0 Å². The van der Waals surface area contributed by atoms with Crippen LogP contribution in [0.3, 0.4) is 0 Å². The fourth-order valence-corrected chi connectivity index (χ4v) is 2.65. The summed E-state index contributed by atoms with van der Waals surface area (Å²) in [4.78, 5) is 18.3. The van der Waals surface area contributed by atoms with E-state index in [1.165, 1.54) is 24.6 Å². The van der Waals surface area contributed by atoms with Crippen LogP contribution in [0.4, 0.5) is 11.6 Å². The highest BCUT2D eigenvalue weighted by atomic mass is 16.5. The number of carbonyl (C=O) groups excluding carboxylic acids is 1. The first-order valence-electron chi connectivity index (χ1n) is 7.61. The van der Waals surface area contributed by atoms with Gasteiger partial charge in [-0.2, -0.15) is 4.68 Å². The van der Waals surface area contributed by atoms with Crippen molar-refractivity contribution in [2.45, 2.75) is 19.8 Å². The van der Waals surface area contributed by atoms with Crippen molar-refractivity contribution < 1.29 is 9.53 Å². The van der Waals surface area contributed by atoms with Gasteiger partial charge in [0.25, 0.3) is 0 Å². The maximum absolute atomic E-state index is 11.5. The number of methoxy groups -OCH3 is 1. The van der Waals surface area contributed by atoms with Gasteiger partial charge in [0.2, 0.25) is 5.69 Å². The molecule has 8 heteroatoms. The van der Waals surface area contributed by atoms with E-state index in [1.54, 1.807) is 6.20 Å². The summed E-state index contributed by atoms with van der Waals surface area (Å²) in [6, 6.07) is 3.80. The second kappa shape index (κ2) is 6.23. The van der Waals surface area contributed by atoms with Crippen LogP contribution in [0, 0.1) is 5.92 Å². The Kier molecular flexibility index (Phi) is 4.14. The Bertz CT molecular complexity index is 688. The highest BCUT2D eigenvalue weighted by Crippen LogP contribution is 2.22. The Labute approximate surface area is 134 Å². The minimum Gasteiger partial charge on any atom is -0.464 e.